The number of esters is 1. The molecule has 6 fully saturated rings. The fourth-order valence-corrected chi connectivity index (χ4v) is 10.3. The Bertz CT molecular complexity index is 745. The molecule has 1 N–H and O–H groups in total. The van der Waals surface area contributed by atoms with Crippen LogP contribution in [0.3, 0.4) is 0 Å². The van der Waals surface area contributed by atoms with Gasteiger partial charge in [0.05, 0.1) is 17.8 Å². The van der Waals surface area contributed by atoms with E-state index in [1.165, 1.54) is 19.9 Å². The van der Waals surface area contributed by atoms with Crippen LogP contribution in [0.15, 0.2) is 0 Å². The monoisotopic (exact) mass is 419 g/mol. The number of carbonyl (C=O) groups is 1. The summed E-state index contributed by atoms with van der Waals surface area (Å²) in [5, 5.41) is 12.5. The van der Waals surface area contributed by atoms with Crippen molar-refractivity contribution in [1.29, 1.82) is 0 Å². The minimum absolute atomic E-state index is 0.0113. The zero-order valence-corrected chi connectivity index (χ0v) is 18.8. The summed E-state index contributed by atoms with van der Waals surface area (Å²) in [5.41, 5.74) is -0.754. The topological polar surface area (TPSA) is 68.2 Å². The summed E-state index contributed by atoms with van der Waals surface area (Å²) >= 11 is 0. The molecule has 5 aliphatic carbocycles. The lowest BCUT2D eigenvalue weighted by Crippen LogP contribution is -2.74. The Hall–Kier alpha value is -0.690. The summed E-state index contributed by atoms with van der Waals surface area (Å²) in [5.74, 6) is 1.80. The molecule has 6 aliphatic rings. The molecule has 30 heavy (non-hydrogen) atoms. The molecule has 1 spiro atoms. The Morgan fingerprint density at radius 1 is 1.13 bits per heavy atom. The highest BCUT2D eigenvalue weighted by molar-refractivity contribution is 5.66. The molecule has 1 heterocycles. The first kappa shape index (κ1) is 20.0. The molecule has 12 atom stereocenters. The van der Waals surface area contributed by atoms with Crippen molar-refractivity contribution < 1.29 is 24.1 Å². The molecule has 7 bridgehead atoms. The zero-order chi connectivity index (χ0) is 21.0. The molecule has 0 aromatic carbocycles. The Morgan fingerprint density at radius 3 is 2.60 bits per heavy atom. The number of piperidine rings is 1. The number of carbonyl (C=O) groups excluding carboxylic acids is 1. The van der Waals surface area contributed by atoms with Gasteiger partial charge in [0.2, 0.25) is 0 Å². The molecule has 0 aromatic rings. The molecule has 0 radical (unpaired) electrons. The van der Waals surface area contributed by atoms with Crippen molar-refractivity contribution in [3.05, 3.63) is 0 Å². The van der Waals surface area contributed by atoms with Crippen molar-refractivity contribution in [2.24, 2.45) is 40.9 Å². The van der Waals surface area contributed by atoms with Crippen molar-refractivity contribution in [3.63, 3.8) is 0 Å². The van der Waals surface area contributed by atoms with E-state index in [9.17, 15) is 9.90 Å². The SMILES string of the molecule is CCN1C[C@@H]2CC[C@H](OC)[C@@]34[C@@H]2C[C@@H]([C@@H]13)[C@@]1(O)C[C@H](OC)[C@H]2C[C@@H]4[C@@H]1[C@H]2OC(C)=O. The van der Waals surface area contributed by atoms with Gasteiger partial charge in [-0.2, -0.15) is 0 Å². The molecule has 0 aromatic heterocycles. The van der Waals surface area contributed by atoms with Gasteiger partial charge in [0, 0.05) is 63.3 Å². The number of aliphatic hydroxyl groups is 1. The third-order valence-electron chi connectivity index (χ3n) is 10.7. The molecule has 1 aliphatic heterocycles. The lowest BCUT2D eigenvalue weighted by atomic mass is 9.46. The van der Waals surface area contributed by atoms with E-state index in [0.717, 1.165) is 25.8 Å². The van der Waals surface area contributed by atoms with Crippen LogP contribution in [0.4, 0.5) is 0 Å². The van der Waals surface area contributed by atoms with Crippen LogP contribution in [-0.4, -0.2) is 73.2 Å². The van der Waals surface area contributed by atoms with E-state index in [0.29, 0.717) is 30.2 Å². The highest BCUT2D eigenvalue weighted by Gasteiger charge is 2.82. The van der Waals surface area contributed by atoms with Gasteiger partial charge >= 0.3 is 5.97 Å². The molecular formula is C24H37NO5. The van der Waals surface area contributed by atoms with Crippen LogP contribution in [0.2, 0.25) is 0 Å². The number of methoxy groups -OCH3 is 2. The fraction of sp³-hybridized carbons (Fsp3) is 0.958. The fourth-order valence-electron chi connectivity index (χ4n) is 10.3. The van der Waals surface area contributed by atoms with E-state index in [4.69, 9.17) is 14.2 Å². The number of ether oxygens (including phenoxy) is 3. The maximum absolute atomic E-state index is 12.5. The van der Waals surface area contributed by atoms with E-state index >= 15 is 0 Å². The summed E-state index contributed by atoms with van der Waals surface area (Å²) < 4.78 is 18.2. The van der Waals surface area contributed by atoms with E-state index in [2.05, 4.69) is 11.8 Å². The van der Waals surface area contributed by atoms with E-state index in [1.807, 2.05) is 7.11 Å². The van der Waals surface area contributed by atoms with Crippen LogP contribution in [-0.2, 0) is 19.0 Å². The molecular weight excluding hydrogens is 382 g/mol. The van der Waals surface area contributed by atoms with Crippen LogP contribution in [0, 0.1) is 40.9 Å². The highest BCUT2D eigenvalue weighted by Crippen LogP contribution is 2.77. The van der Waals surface area contributed by atoms with Crippen molar-refractivity contribution in [2.75, 3.05) is 27.3 Å². The lowest BCUT2D eigenvalue weighted by Gasteiger charge is -2.67. The van der Waals surface area contributed by atoms with Gasteiger partial charge in [-0.1, -0.05) is 6.92 Å². The summed E-state index contributed by atoms with van der Waals surface area (Å²) in [7, 11) is 3.64. The van der Waals surface area contributed by atoms with Gasteiger partial charge in [-0.15, -0.1) is 0 Å². The van der Waals surface area contributed by atoms with E-state index in [1.54, 1.807) is 7.11 Å². The van der Waals surface area contributed by atoms with Gasteiger partial charge in [-0.3, -0.25) is 9.69 Å². The molecule has 0 unspecified atom stereocenters. The van der Waals surface area contributed by atoms with Gasteiger partial charge in [0.25, 0.3) is 0 Å². The van der Waals surface area contributed by atoms with Crippen LogP contribution in [0.25, 0.3) is 0 Å². The van der Waals surface area contributed by atoms with Crippen molar-refractivity contribution in [1.82, 2.24) is 4.90 Å². The smallest absolute Gasteiger partial charge is 0.302 e. The maximum atomic E-state index is 12.5. The maximum Gasteiger partial charge on any atom is 0.302 e. The minimum atomic E-state index is -0.827. The molecule has 6 heteroatoms. The second-order valence-corrected chi connectivity index (χ2v) is 11.1. The molecule has 6 nitrogen and oxygen atoms in total. The Morgan fingerprint density at radius 2 is 1.93 bits per heavy atom. The van der Waals surface area contributed by atoms with E-state index < -0.39 is 5.60 Å². The number of nitrogens with zero attached hydrogens (tertiary/aromatic N) is 1. The van der Waals surface area contributed by atoms with Gasteiger partial charge in [0.1, 0.15) is 6.10 Å². The molecule has 6 rings (SSSR count). The first-order chi connectivity index (χ1) is 14.4. The summed E-state index contributed by atoms with van der Waals surface area (Å²) in [6.45, 7) is 5.97. The molecule has 0 amide bonds. The van der Waals surface area contributed by atoms with Crippen LogP contribution >= 0.6 is 0 Å². The molecule has 1 saturated heterocycles. The minimum Gasteiger partial charge on any atom is -0.462 e. The Labute approximate surface area is 179 Å². The van der Waals surface area contributed by atoms with Gasteiger partial charge in [-0.05, 0) is 50.0 Å². The number of rotatable bonds is 4. The Balaban J connectivity index is 1.55. The van der Waals surface area contributed by atoms with Gasteiger partial charge < -0.3 is 19.3 Å². The molecule has 5 saturated carbocycles. The quantitative estimate of drug-likeness (QED) is 0.704. The highest BCUT2D eigenvalue weighted by atomic mass is 16.5. The van der Waals surface area contributed by atoms with Gasteiger partial charge in [-0.25, -0.2) is 0 Å². The number of fused-ring (bicyclic) bond motifs is 2. The van der Waals surface area contributed by atoms with E-state index in [-0.39, 0.29) is 47.4 Å². The van der Waals surface area contributed by atoms with Crippen molar-refractivity contribution >= 4 is 5.97 Å². The normalized spacial score (nSPS) is 58.0. The summed E-state index contributed by atoms with van der Waals surface area (Å²) in [6.07, 6.45) is 5.04. The van der Waals surface area contributed by atoms with Crippen LogP contribution in [0.1, 0.15) is 46.0 Å². The van der Waals surface area contributed by atoms with Crippen LogP contribution in [0.5, 0.6) is 0 Å². The first-order valence-electron chi connectivity index (χ1n) is 12.1. The molecule has 168 valence electrons. The number of likely N-dealkylation sites (tertiary alicyclic amines) is 1. The second kappa shape index (κ2) is 6.43. The zero-order valence-electron chi connectivity index (χ0n) is 18.8. The number of hydrogen-bond acceptors (Lipinski definition) is 6. The Kier molecular flexibility index (Phi) is 4.28. The third kappa shape index (κ3) is 2.08. The largest absolute Gasteiger partial charge is 0.462 e. The average Bonchev–Trinajstić information content (AvgIpc) is 3.14. The predicted molar refractivity (Wildman–Crippen MR) is 110 cm³/mol. The average molecular weight is 420 g/mol. The number of hydrogen-bond donors (Lipinski definition) is 1. The van der Waals surface area contributed by atoms with Crippen molar-refractivity contribution in [2.45, 2.75) is 75.9 Å². The van der Waals surface area contributed by atoms with Crippen LogP contribution < -0.4 is 0 Å². The summed E-state index contributed by atoms with van der Waals surface area (Å²) in [4.78, 5) is 14.8. The van der Waals surface area contributed by atoms with Crippen molar-refractivity contribution in [3.8, 4) is 0 Å². The predicted octanol–water partition coefficient (Wildman–Crippen LogP) is 2.09. The first-order valence-corrected chi connectivity index (χ1v) is 12.1. The second-order valence-electron chi connectivity index (χ2n) is 11.1. The standard InChI is InChI=1S/C24H37NO5/c1-5-25-11-13-6-7-19(29-4)24-15(13)9-17(22(24)25)23(27)10-18(28-3)14-8-16(24)20(23)21(14)30-12(2)26/h13-22,27H,5-11H2,1-4H3/t13-,14+,15+,16+,17-,18-,19-,20+,21-,22+,23-,24-/m0/s1. The van der Waals surface area contributed by atoms with Gasteiger partial charge in [0.15, 0.2) is 0 Å². The third-order valence-corrected chi connectivity index (χ3v) is 10.7. The lowest BCUT2D eigenvalue weighted by molar-refractivity contribution is -0.261. The summed E-state index contributed by atoms with van der Waals surface area (Å²) in [6, 6.07) is 0.368.